The van der Waals surface area contributed by atoms with Crippen LogP contribution in [0, 0.1) is 5.92 Å². The quantitative estimate of drug-likeness (QED) is 0.342. The Labute approximate surface area is 177 Å². The van der Waals surface area contributed by atoms with E-state index in [9.17, 15) is 13.2 Å². The van der Waals surface area contributed by atoms with Crippen molar-refractivity contribution in [2.45, 2.75) is 24.4 Å². The van der Waals surface area contributed by atoms with Crippen LogP contribution in [0.15, 0.2) is 39.5 Å². The van der Waals surface area contributed by atoms with Gasteiger partial charge >= 0.3 is 6.18 Å². The average Bonchev–Trinajstić information content (AvgIpc) is 3.18. The number of thiazole rings is 1. The second-order valence-electron chi connectivity index (χ2n) is 6.32. The maximum atomic E-state index is 12.6. The first-order chi connectivity index (χ1) is 13.8. The first-order valence-electron chi connectivity index (χ1n) is 9.05. The molecule has 29 heavy (non-hydrogen) atoms. The van der Waals surface area contributed by atoms with Crippen LogP contribution in [0.5, 0.6) is 5.75 Å². The van der Waals surface area contributed by atoms with Gasteiger partial charge in [-0.25, -0.2) is 4.98 Å². The van der Waals surface area contributed by atoms with E-state index in [0.717, 1.165) is 39.7 Å². The molecule has 2 N–H and O–H groups in total. The summed E-state index contributed by atoms with van der Waals surface area (Å²) >= 11 is 2.75. The zero-order valence-electron chi connectivity index (χ0n) is 16.5. The molecule has 0 spiro atoms. The number of alkyl halides is 3. The summed E-state index contributed by atoms with van der Waals surface area (Å²) in [4.78, 5) is 8.88. The summed E-state index contributed by atoms with van der Waals surface area (Å²) in [6, 6.07) is 7.91. The van der Waals surface area contributed by atoms with E-state index < -0.39 is 11.9 Å². The van der Waals surface area contributed by atoms with Crippen molar-refractivity contribution in [3.05, 3.63) is 40.3 Å². The normalized spacial score (nSPS) is 13.2. The van der Waals surface area contributed by atoms with Gasteiger partial charge in [0.05, 0.1) is 12.1 Å². The van der Waals surface area contributed by atoms with Crippen molar-refractivity contribution >= 4 is 29.1 Å². The number of thioether (sulfide) groups is 1. The van der Waals surface area contributed by atoms with Crippen LogP contribution in [0.4, 0.5) is 13.2 Å². The van der Waals surface area contributed by atoms with Crippen molar-refractivity contribution in [2.75, 3.05) is 33.0 Å². The molecule has 2 rings (SSSR count). The predicted molar refractivity (Wildman–Crippen MR) is 113 cm³/mol. The summed E-state index contributed by atoms with van der Waals surface area (Å²) < 4.78 is 43.1. The molecule has 1 atom stereocenters. The van der Waals surface area contributed by atoms with E-state index in [1.807, 2.05) is 24.3 Å². The highest BCUT2D eigenvalue weighted by atomic mass is 32.2. The maximum absolute atomic E-state index is 12.6. The zero-order chi connectivity index (χ0) is 21.3. The highest BCUT2D eigenvalue weighted by Gasteiger charge is 2.33. The molecule has 0 saturated heterocycles. The molecule has 10 heteroatoms. The van der Waals surface area contributed by atoms with Gasteiger partial charge in [0, 0.05) is 42.6 Å². The second-order valence-corrected chi connectivity index (χ2v) is 8.33. The number of ether oxygens (including phenoxy) is 1. The molecule has 0 radical (unpaired) electrons. The maximum Gasteiger partial charge on any atom is 0.434 e. The summed E-state index contributed by atoms with van der Waals surface area (Å²) in [5.74, 6) is 2.76. The second kappa shape index (κ2) is 11.3. The number of hydrogen-bond acceptors (Lipinski definition) is 5. The number of hydrogen-bond donors (Lipinski definition) is 2. The minimum absolute atomic E-state index is 0.372. The standard InChI is InChI=1S/C19H25F3N4OS2/c1-13(11-28-15-7-5-4-6-14(15)27-3)10-25-18(23-2)24-9-8-17-26-16(12-29-17)19(20,21)22/h4-7,12-13H,8-11H2,1-3H3,(H2,23,24,25). The predicted octanol–water partition coefficient (Wildman–Crippen LogP) is 4.31. The monoisotopic (exact) mass is 446 g/mol. The molecule has 0 saturated carbocycles. The third-order valence-electron chi connectivity index (χ3n) is 3.91. The third-order valence-corrected chi connectivity index (χ3v) is 6.20. The molecule has 2 aromatic rings. The Hall–Kier alpha value is -1.94. The SMILES string of the molecule is CN=C(NCCc1nc(C(F)(F)F)cs1)NCC(C)CSc1ccccc1OC. The lowest BCUT2D eigenvalue weighted by Gasteiger charge is -2.16. The summed E-state index contributed by atoms with van der Waals surface area (Å²) in [6.07, 6.45) is -3.99. The van der Waals surface area contributed by atoms with E-state index in [4.69, 9.17) is 4.74 Å². The molecule has 1 aromatic carbocycles. The van der Waals surface area contributed by atoms with Crippen molar-refractivity contribution in [3.8, 4) is 5.75 Å². The van der Waals surface area contributed by atoms with Gasteiger partial charge in [-0.3, -0.25) is 4.99 Å². The molecule has 1 heterocycles. The van der Waals surface area contributed by atoms with Crippen LogP contribution < -0.4 is 15.4 Å². The number of benzene rings is 1. The average molecular weight is 447 g/mol. The van der Waals surface area contributed by atoms with E-state index >= 15 is 0 Å². The number of aromatic nitrogens is 1. The lowest BCUT2D eigenvalue weighted by Crippen LogP contribution is -2.40. The molecule has 1 aromatic heterocycles. The fourth-order valence-corrected chi connectivity index (χ4v) is 4.22. The van der Waals surface area contributed by atoms with E-state index in [1.54, 1.807) is 25.9 Å². The van der Waals surface area contributed by atoms with Gasteiger partial charge in [-0.2, -0.15) is 13.2 Å². The number of aliphatic imine (C=N–C) groups is 1. The Kier molecular flexibility index (Phi) is 9.09. The summed E-state index contributed by atoms with van der Waals surface area (Å²) in [6.45, 7) is 3.31. The number of guanidine groups is 1. The highest BCUT2D eigenvalue weighted by molar-refractivity contribution is 7.99. The van der Waals surface area contributed by atoms with Crippen LogP contribution >= 0.6 is 23.1 Å². The molecule has 0 amide bonds. The fraction of sp³-hybridized carbons (Fsp3) is 0.474. The molecule has 5 nitrogen and oxygen atoms in total. The number of nitrogens with one attached hydrogen (secondary N) is 2. The molecule has 1 unspecified atom stereocenters. The molecule has 0 fully saturated rings. The molecule has 0 aliphatic rings. The van der Waals surface area contributed by atoms with E-state index in [-0.39, 0.29) is 0 Å². The summed E-state index contributed by atoms with van der Waals surface area (Å²) in [5.41, 5.74) is -0.832. The van der Waals surface area contributed by atoms with Crippen molar-refractivity contribution in [2.24, 2.45) is 10.9 Å². The first kappa shape index (κ1) is 23.3. The Morgan fingerprint density at radius 2 is 2.07 bits per heavy atom. The molecule has 0 aliphatic carbocycles. The van der Waals surface area contributed by atoms with E-state index in [1.165, 1.54) is 0 Å². The van der Waals surface area contributed by atoms with Gasteiger partial charge in [-0.15, -0.1) is 23.1 Å². The van der Waals surface area contributed by atoms with Crippen molar-refractivity contribution in [3.63, 3.8) is 0 Å². The van der Waals surface area contributed by atoms with E-state index in [0.29, 0.717) is 29.9 Å². The van der Waals surface area contributed by atoms with Gasteiger partial charge in [0.15, 0.2) is 11.7 Å². The van der Waals surface area contributed by atoms with Crippen molar-refractivity contribution in [1.82, 2.24) is 15.6 Å². The first-order valence-corrected chi connectivity index (χ1v) is 10.9. The van der Waals surface area contributed by atoms with Crippen LogP contribution in [-0.2, 0) is 12.6 Å². The number of nitrogens with zero attached hydrogens (tertiary/aromatic N) is 2. The Morgan fingerprint density at radius 1 is 1.31 bits per heavy atom. The van der Waals surface area contributed by atoms with Crippen LogP contribution in [-0.4, -0.2) is 43.9 Å². The van der Waals surface area contributed by atoms with Gasteiger partial charge in [-0.05, 0) is 18.1 Å². The third kappa shape index (κ3) is 7.77. The van der Waals surface area contributed by atoms with Crippen LogP contribution in [0.25, 0.3) is 0 Å². The number of para-hydroxylation sites is 1. The largest absolute Gasteiger partial charge is 0.496 e. The van der Waals surface area contributed by atoms with Crippen LogP contribution in [0.2, 0.25) is 0 Å². The summed E-state index contributed by atoms with van der Waals surface area (Å²) in [7, 11) is 3.32. The van der Waals surface area contributed by atoms with Crippen molar-refractivity contribution in [1.29, 1.82) is 0 Å². The fourth-order valence-electron chi connectivity index (χ4n) is 2.36. The van der Waals surface area contributed by atoms with Gasteiger partial charge < -0.3 is 15.4 Å². The Morgan fingerprint density at radius 3 is 2.72 bits per heavy atom. The molecule has 160 valence electrons. The van der Waals surface area contributed by atoms with Gasteiger partial charge in [0.2, 0.25) is 0 Å². The Balaban J connectivity index is 1.71. The van der Waals surface area contributed by atoms with Gasteiger partial charge in [0.1, 0.15) is 5.75 Å². The van der Waals surface area contributed by atoms with Crippen LogP contribution in [0.3, 0.4) is 0 Å². The summed E-state index contributed by atoms with van der Waals surface area (Å²) in [5, 5.41) is 7.85. The number of halogens is 3. The van der Waals surface area contributed by atoms with E-state index in [2.05, 4.69) is 27.5 Å². The number of rotatable bonds is 9. The van der Waals surface area contributed by atoms with Gasteiger partial charge in [-0.1, -0.05) is 19.1 Å². The molecular formula is C19H25F3N4OS2. The lowest BCUT2D eigenvalue weighted by molar-refractivity contribution is -0.140. The minimum Gasteiger partial charge on any atom is -0.496 e. The van der Waals surface area contributed by atoms with Gasteiger partial charge in [0.25, 0.3) is 0 Å². The smallest absolute Gasteiger partial charge is 0.434 e. The molecular weight excluding hydrogens is 421 g/mol. The lowest BCUT2D eigenvalue weighted by atomic mass is 10.2. The number of methoxy groups -OCH3 is 1. The highest BCUT2D eigenvalue weighted by Crippen LogP contribution is 2.30. The molecule has 0 bridgehead atoms. The molecule has 0 aliphatic heterocycles. The Bertz CT molecular complexity index is 796. The topological polar surface area (TPSA) is 58.5 Å². The minimum atomic E-state index is -4.39. The van der Waals surface area contributed by atoms with Crippen molar-refractivity contribution < 1.29 is 17.9 Å². The van der Waals surface area contributed by atoms with Crippen LogP contribution in [0.1, 0.15) is 17.6 Å². The zero-order valence-corrected chi connectivity index (χ0v) is 18.2.